The van der Waals surface area contributed by atoms with E-state index in [1.54, 1.807) is 36.4 Å². The number of rotatable bonds is 8. The number of carbonyl (C=O) groups is 2. The number of hydrogen-bond acceptors (Lipinski definition) is 7. The zero-order valence-electron chi connectivity index (χ0n) is 19.2. The van der Waals surface area contributed by atoms with E-state index in [0.29, 0.717) is 34.9 Å². The number of likely N-dealkylation sites (N-methyl/N-ethyl adjacent to an activating group) is 1. The molecule has 1 aliphatic heterocycles. The van der Waals surface area contributed by atoms with Crippen LogP contribution in [0.1, 0.15) is 17.2 Å². The highest BCUT2D eigenvalue weighted by Gasteiger charge is 2.46. The number of ether oxygens (including phenoxy) is 3. The molecule has 0 aliphatic carbocycles. The first-order valence-electron chi connectivity index (χ1n) is 10.2. The molecule has 0 spiro atoms. The Morgan fingerprint density at radius 1 is 1.03 bits per heavy atom. The Hall–Kier alpha value is -3.04. The van der Waals surface area contributed by atoms with Gasteiger partial charge in [-0.2, -0.15) is 0 Å². The van der Waals surface area contributed by atoms with Gasteiger partial charge in [0.05, 0.1) is 32.9 Å². The summed E-state index contributed by atoms with van der Waals surface area (Å²) in [6.45, 7) is 0.822. The summed E-state index contributed by atoms with van der Waals surface area (Å²) in [4.78, 5) is 29.6. The molecular formula is C24H27BrN2O6. The molecule has 0 radical (unpaired) electrons. The summed E-state index contributed by atoms with van der Waals surface area (Å²) in [5.74, 6) is -0.501. The number of aliphatic hydroxyl groups is 1. The third kappa shape index (κ3) is 4.84. The maximum Gasteiger partial charge on any atom is 0.295 e. The van der Waals surface area contributed by atoms with E-state index in [9.17, 15) is 14.7 Å². The number of halogens is 1. The van der Waals surface area contributed by atoms with Crippen molar-refractivity contribution in [3.63, 3.8) is 0 Å². The van der Waals surface area contributed by atoms with Gasteiger partial charge in [0.1, 0.15) is 5.76 Å². The highest BCUT2D eigenvalue weighted by atomic mass is 79.9. The number of Topliss-reactive ketones (excluding diaryl/α,β-unsaturated/α-hetero) is 1. The molecule has 176 valence electrons. The lowest BCUT2D eigenvalue weighted by atomic mass is 9.94. The molecule has 2 aromatic carbocycles. The summed E-state index contributed by atoms with van der Waals surface area (Å²) in [7, 11) is 8.24. The summed E-state index contributed by atoms with van der Waals surface area (Å²) >= 11 is 3.37. The topological polar surface area (TPSA) is 88.5 Å². The predicted octanol–water partition coefficient (Wildman–Crippen LogP) is 3.46. The maximum atomic E-state index is 13.1. The van der Waals surface area contributed by atoms with E-state index in [1.807, 2.05) is 19.0 Å². The van der Waals surface area contributed by atoms with Gasteiger partial charge >= 0.3 is 0 Å². The number of amides is 1. The van der Waals surface area contributed by atoms with Crippen LogP contribution in [0.25, 0.3) is 5.76 Å². The molecule has 1 N–H and O–H groups in total. The van der Waals surface area contributed by atoms with Gasteiger partial charge in [0.2, 0.25) is 5.75 Å². The second-order valence-corrected chi connectivity index (χ2v) is 8.68. The van der Waals surface area contributed by atoms with E-state index < -0.39 is 17.7 Å². The smallest absolute Gasteiger partial charge is 0.295 e. The van der Waals surface area contributed by atoms with Crippen molar-refractivity contribution in [2.45, 2.75) is 6.04 Å². The van der Waals surface area contributed by atoms with Crippen molar-refractivity contribution in [3.05, 3.63) is 57.6 Å². The normalized spacial score (nSPS) is 17.5. The van der Waals surface area contributed by atoms with Crippen molar-refractivity contribution >= 4 is 33.4 Å². The van der Waals surface area contributed by atoms with Crippen LogP contribution in [0.5, 0.6) is 17.2 Å². The van der Waals surface area contributed by atoms with E-state index >= 15 is 0 Å². The fourth-order valence-corrected chi connectivity index (χ4v) is 4.05. The van der Waals surface area contributed by atoms with Crippen LogP contribution < -0.4 is 14.2 Å². The molecule has 1 heterocycles. The van der Waals surface area contributed by atoms with Gasteiger partial charge in [-0.05, 0) is 43.9 Å². The SMILES string of the molecule is COc1cc([C@@H]2C(=C(O)c3ccc(Br)cc3)C(=O)C(=O)N2CCN(C)C)cc(OC)c1OC. The molecule has 33 heavy (non-hydrogen) atoms. The van der Waals surface area contributed by atoms with Gasteiger partial charge < -0.3 is 29.1 Å². The van der Waals surface area contributed by atoms with Gasteiger partial charge in [-0.3, -0.25) is 9.59 Å². The lowest BCUT2D eigenvalue weighted by Gasteiger charge is -2.27. The molecule has 1 atom stereocenters. The predicted molar refractivity (Wildman–Crippen MR) is 128 cm³/mol. The molecule has 1 saturated heterocycles. The molecule has 1 amide bonds. The van der Waals surface area contributed by atoms with Gasteiger partial charge in [-0.1, -0.05) is 28.1 Å². The van der Waals surface area contributed by atoms with Gasteiger partial charge in [-0.25, -0.2) is 0 Å². The van der Waals surface area contributed by atoms with Gasteiger partial charge in [-0.15, -0.1) is 0 Å². The summed E-state index contributed by atoms with van der Waals surface area (Å²) in [5, 5.41) is 11.1. The van der Waals surface area contributed by atoms with Crippen molar-refractivity contribution in [1.82, 2.24) is 9.80 Å². The van der Waals surface area contributed by atoms with Crippen LogP contribution in [-0.2, 0) is 9.59 Å². The number of benzene rings is 2. The fraction of sp³-hybridized carbons (Fsp3) is 0.333. The average molecular weight is 519 g/mol. The van der Waals surface area contributed by atoms with Crippen LogP contribution in [0, 0.1) is 0 Å². The first kappa shape index (κ1) is 24.6. The van der Waals surface area contributed by atoms with Crippen molar-refractivity contribution in [2.75, 3.05) is 48.5 Å². The van der Waals surface area contributed by atoms with E-state index in [4.69, 9.17) is 14.2 Å². The van der Waals surface area contributed by atoms with Crippen molar-refractivity contribution in [1.29, 1.82) is 0 Å². The molecule has 1 aliphatic rings. The van der Waals surface area contributed by atoms with E-state index in [1.165, 1.54) is 26.2 Å². The summed E-state index contributed by atoms with van der Waals surface area (Å²) < 4.78 is 17.2. The van der Waals surface area contributed by atoms with Crippen LogP contribution in [0.2, 0.25) is 0 Å². The molecule has 0 bridgehead atoms. The summed E-state index contributed by atoms with van der Waals surface area (Å²) in [6, 6.07) is 9.42. The standard InChI is InChI=1S/C24H27BrN2O6/c1-26(2)10-11-27-20(15-12-17(31-3)23(33-5)18(13-15)32-4)19(22(29)24(27)30)21(28)14-6-8-16(25)9-7-14/h6-9,12-13,20,28H,10-11H2,1-5H3/t20-/m1/s1. The van der Waals surface area contributed by atoms with Crippen LogP contribution in [0.15, 0.2) is 46.4 Å². The van der Waals surface area contributed by atoms with Gasteiger partial charge in [0.15, 0.2) is 11.5 Å². The van der Waals surface area contributed by atoms with Crippen molar-refractivity contribution in [3.8, 4) is 17.2 Å². The molecule has 8 nitrogen and oxygen atoms in total. The second-order valence-electron chi connectivity index (χ2n) is 7.76. The quantitative estimate of drug-likeness (QED) is 0.325. The van der Waals surface area contributed by atoms with Crippen LogP contribution in [0.4, 0.5) is 0 Å². The van der Waals surface area contributed by atoms with Gasteiger partial charge in [0.25, 0.3) is 11.7 Å². The van der Waals surface area contributed by atoms with Crippen LogP contribution in [-0.4, -0.2) is 75.1 Å². The highest BCUT2D eigenvalue weighted by Crippen LogP contribution is 2.45. The molecule has 1 fully saturated rings. The largest absolute Gasteiger partial charge is 0.507 e. The summed E-state index contributed by atoms with van der Waals surface area (Å²) in [5.41, 5.74) is 0.998. The first-order chi connectivity index (χ1) is 15.7. The second kappa shape index (κ2) is 10.3. The molecule has 0 unspecified atom stereocenters. The number of carbonyl (C=O) groups excluding carboxylic acids is 2. The number of likely N-dealkylation sites (tertiary alicyclic amines) is 1. The summed E-state index contributed by atoms with van der Waals surface area (Å²) in [6.07, 6.45) is 0. The number of hydrogen-bond donors (Lipinski definition) is 1. The third-order valence-electron chi connectivity index (χ3n) is 5.45. The first-order valence-corrected chi connectivity index (χ1v) is 11.0. The Bertz CT molecular complexity index is 1060. The van der Waals surface area contributed by atoms with Crippen LogP contribution >= 0.6 is 15.9 Å². The van der Waals surface area contributed by atoms with E-state index in [-0.39, 0.29) is 17.9 Å². The molecule has 9 heteroatoms. The Morgan fingerprint density at radius 2 is 1.61 bits per heavy atom. The fourth-order valence-electron chi connectivity index (χ4n) is 3.79. The monoisotopic (exact) mass is 518 g/mol. The minimum atomic E-state index is -0.831. The zero-order chi connectivity index (χ0) is 24.3. The van der Waals surface area contributed by atoms with E-state index in [0.717, 1.165) is 4.47 Å². The Kier molecular flexibility index (Phi) is 7.65. The average Bonchev–Trinajstić information content (AvgIpc) is 3.06. The molecule has 2 aromatic rings. The molecule has 0 saturated carbocycles. The Labute approximate surface area is 201 Å². The zero-order valence-corrected chi connectivity index (χ0v) is 20.8. The molecule has 3 rings (SSSR count). The number of nitrogens with zero attached hydrogens (tertiary/aromatic N) is 2. The Balaban J connectivity index is 2.25. The van der Waals surface area contributed by atoms with Crippen molar-refractivity contribution in [2.24, 2.45) is 0 Å². The lowest BCUT2D eigenvalue weighted by Crippen LogP contribution is -2.35. The minimum Gasteiger partial charge on any atom is -0.507 e. The lowest BCUT2D eigenvalue weighted by molar-refractivity contribution is -0.140. The Morgan fingerprint density at radius 3 is 2.09 bits per heavy atom. The highest BCUT2D eigenvalue weighted by molar-refractivity contribution is 9.10. The van der Waals surface area contributed by atoms with E-state index in [2.05, 4.69) is 15.9 Å². The maximum absolute atomic E-state index is 13.1. The van der Waals surface area contributed by atoms with Crippen molar-refractivity contribution < 1.29 is 28.9 Å². The number of ketones is 1. The third-order valence-corrected chi connectivity index (χ3v) is 5.98. The minimum absolute atomic E-state index is 0.00958. The number of aliphatic hydroxyl groups excluding tert-OH is 1. The number of methoxy groups -OCH3 is 3. The molecule has 0 aromatic heterocycles. The molecular weight excluding hydrogens is 492 g/mol. The van der Waals surface area contributed by atoms with Crippen LogP contribution in [0.3, 0.4) is 0 Å². The van der Waals surface area contributed by atoms with Gasteiger partial charge in [0, 0.05) is 23.1 Å².